The molecule has 9 heteroatoms. The fourth-order valence-electron chi connectivity index (χ4n) is 3.68. The Morgan fingerprint density at radius 3 is 2.86 bits per heavy atom. The van der Waals surface area contributed by atoms with E-state index in [1.165, 1.54) is 6.20 Å². The average Bonchev–Trinajstić information content (AvgIpc) is 3.29. The van der Waals surface area contributed by atoms with Crippen LogP contribution in [0.5, 0.6) is 0 Å². The van der Waals surface area contributed by atoms with Gasteiger partial charge in [-0.3, -0.25) is 9.48 Å². The zero-order chi connectivity index (χ0) is 19.9. The highest BCUT2D eigenvalue weighted by Crippen LogP contribution is 2.32. The molecule has 4 heterocycles. The number of amides is 1. The fourth-order valence-corrected chi connectivity index (χ4v) is 3.68. The number of aryl methyl sites for hydroxylation is 1. The predicted octanol–water partition coefficient (Wildman–Crippen LogP) is 1.51. The summed E-state index contributed by atoms with van der Waals surface area (Å²) < 4.78 is 3.53. The Bertz CT molecular complexity index is 1020. The maximum atomic E-state index is 12.1. The molecule has 1 fully saturated rings. The molecule has 0 saturated carbocycles. The van der Waals surface area contributed by atoms with Gasteiger partial charge in [0.15, 0.2) is 5.65 Å². The molecule has 0 spiro atoms. The van der Waals surface area contributed by atoms with Gasteiger partial charge in [-0.15, -0.1) is 0 Å². The zero-order valence-electron chi connectivity index (χ0n) is 16.4. The first kappa shape index (κ1) is 18.4. The maximum Gasteiger partial charge on any atom is 0.252 e. The van der Waals surface area contributed by atoms with E-state index >= 15 is 0 Å². The van der Waals surface area contributed by atoms with Gasteiger partial charge in [0.25, 0.3) is 5.91 Å². The number of aromatic nitrogens is 5. The first-order valence-corrected chi connectivity index (χ1v) is 9.57. The lowest BCUT2D eigenvalue weighted by Gasteiger charge is -2.40. The molecular formula is C19H26N8O. The van der Waals surface area contributed by atoms with Crippen molar-refractivity contribution in [3.05, 3.63) is 30.4 Å². The van der Waals surface area contributed by atoms with E-state index in [1.807, 2.05) is 24.0 Å². The Hall–Kier alpha value is -2.94. The summed E-state index contributed by atoms with van der Waals surface area (Å²) in [6, 6.07) is 0.182. The van der Waals surface area contributed by atoms with Crippen LogP contribution in [0.4, 0.5) is 5.69 Å². The number of carbonyl (C=O) groups excluding carboxylic acids is 1. The zero-order valence-corrected chi connectivity index (χ0v) is 16.4. The molecule has 4 rings (SSSR count). The molecule has 148 valence electrons. The molecule has 9 nitrogen and oxygen atoms in total. The second-order valence-electron chi connectivity index (χ2n) is 7.93. The van der Waals surface area contributed by atoms with Crippen molar-refractivity contribution in [1.29, 1.82) is 0 Å². The SMILES string of the molecule is CCn1cc(-c2cn3ncc(C(N)=O)c(NC4CCNCC4(C)C)c3n2)cn1. The summed E-state index contributed by atoms with van der Waals surface area (Å²) in [5.41, 5.74) is 8.88. The van der Waals surface area contributed by atoms with Crippen LogP contribution in [0.25, 0.3) is 16.9 Å². The highest BCUT2D eigenvalue weighted by atomic mass is 16.1. The standard InChI is InChI=1S/C19H26N8O/c1-4-26-9-12(7-22-26)14-10-27-18(24-14)16(13(8-23-27)17(20)28)25-15-5-6-21-11-19(15,2)3/h7-10,15,21,25H,4-6,11H2,1-3H3,(H2,20,28). The lowest BCUT2D eigenvalue weighted by molar-refractivity contribution is 0.100. The number of rotatable bonds is 5. The van der Waals surface area contributed by atoms with Crippen LogP contribution in [0.15, 0.2) is 24.8 Å². The molecule has 4 N–H and O–H groups in total. The number of carbonyl (C=O) groups is 1. The van der Waals surface area contributed by atoms with E-state index in [4.69, 9.17) is 10.7 Å². The van der Waals surface area contributed by atoms with E-state index in [1.54, 1.807) is 10.7 Å². The first-order valence-electron chi connectivity index (χ1n) is 9.57. The van der Waals surface area contributed by atoms with E-state index in [-0.39, 0.29) is 11.5 Å². The number of piperidine rings is 1. The van der Waals surface area contributed by atoms with Gasteiger partial charge in [-0.2, -0.15) is 10.2 Å². The van der Waals surface area contributed by atoms with Crippen molar-refractivity contribution in [2.45, 2.75) is 39.8 Å². The number of anilines is 1. The molecular weight excluding hydrogens is 356 g/mol. The summed E-state index contributed by atoms with van der Waals surface area (Å²) in [6.45, 7) is 9.04. The van der Waals surface area contributed by atoms with Gasteiger partial charge in [-0.25, -0.2) is 9.50 Å². The second-order valence-corrected chi connectivity index (χ2v) is 7.93. The second kappa shape index (κ2) is 6.90. The molecule has 3 aromatic rings. The quantitative estimate of drug-likeness (QED) is 0.616. The van der Waals surface area contributed by atoms with Gasteiger partial charge in [0.2, 0.25) is 0 Å². The Labute approximate surface area is 163 Å². The number of nitrogens with zero attached hydrogens (tertiary/aromatic N) is 5. The predicted molar refractivity (Wildman–Crippen MR) is 107 cm³/mol. The molecule has 28 heavy (non-hydrogen) atoms. The Morgan fingerprint density at radius 2 is 2.18 bits per heavy atom. The van der Waals surface area contributed by atoms with Crippen LogP contribution < -0.4 is 16.4 Å². The lowest BCUT2D eigenvalue weighted by Crippen LogP contribution is -2.50. The van der Waals surface area contributed by atoms with Crippen molar-refractivity contribution in [3.63, 3.8) is 0 Å². The molecule has 1 aliphatic heterocycles. The first-order chi connectivity index (χ1) is 13.4. The summed E-state index contributed by atoms with van der Waals surface area (Å²) in [5.74, 6) is -0.521. The third-order valence-corrected chi connectivity index (χ3v) is 5.46. The van der Waals surface area contributed by atoms with Crippen molar-refractivity contribution in [2.24, 2.45) is 11.1 Å². The van der Waals surface area contributed by atoms with Crippen LogP contribution in [-0.4, -0.2) is 49.4 Å². The Kier molecular flexibility index (Phi) is 4.54. The van der Waals surface area contributed by atoms with E-state index < -0.39 is 5.91 Å². The van der Waals surface area contributed by atoms with Crippen molar-refractivity contribution >= 4 is 17.2 Å². The summed E-state index contributed by atoms with van der Waals surface area (Å²) >= 11 is 0. The highest BCUT2D eigenvalue weighted by molar-refractivity contribution is 6.01. The van der Waals surface area contributed by atoms with Crippen LogP contribution in [0.3, 0.4) is 0 Å². The molecule has 1 saturated heterocycles. The van der Waals surface area contributed by atoms with Gasteiger partial charge < -0.3 is 16.4 Å². The van der Waals surface area contributed by atoms with Crippen LogP contribution >= 0.6 is 0 Å². The van der Waals surface area contributed by atoms with E-state index in [0.29, 0.717) is 16.9 Å². The van der Waals surface area contributed by atoms with Crippen molar-refractivity contribution in [2.75, 3.05) is 18.4 Å². The third kappa shape index (κ3) is 3.22. The number of nitrogens with one attached hydrogen (secondary N) is 2. The average molecular weight is 382 g/mol. The molecule has 0 aliphatic carbocycles. The minimum absolute atomic E-state index is 0.0190. The van der Waals surface area contributed by atoms with Crippen LogP contribution in [0.1, 0.15) is 37.6 Å². The summed E-state index contributed by atoms with van der Waals surface area (Å²) in [6.07, 6.45) is 8.02. The minimum Gasteiger partial charge on any atom is -0.378 e. The van der Waals surface area contributed by atoms with E-state index in [9.17, 15) is 4.79 Å². The minimum atomic E-state index is -0.521. The number of primary amides is 1. The molecule has 0 bridgehead atoms. The summed E-state index contributed by atoms with van der Waals surface area (Å²) in [7, 11) is 0. The van der Waals surface area contributed by atoms with E-state index in [0.717, 1.165) is 37.3 Å². The Balaban J connectivity index is 1.80. The number of fused-ring (bicyclic) bond motifs is 1. The van der Waals surface area contributed by atoms with Gasteiger partial charge in [-0.1, -0.05) is 13.8 Å². The summed E-state index contributed by atoms with van der Waals surface area (Å²) in [5, 5.41) is 15.6. The molecule has 0 aromatic carbocycles. The molecule has 1 aliphatic rings. The van der Waals surface area contributed by atoms with Crippen LogP contribution in [0, 0.1) is 5.41 Å². The van der Waals surface area contributed by atoms with Crippen molar-refractivity contribution in [3.8, 4) is 11.3 Å². The van der Waals surface area contributed by atoms with E-state index in [2.05, 4.69) is 34.7 Å². The molecule has 1 amide bonds. The number of hydrogen-bond donors (Lipinski definition) is 3. The molecule has 1 unspecified atom stereocenters. The number of hydrogen-bond acceptors (Lipinski definition) is 6. The number of nitrogens with two attached hydrogens (primary N) is 1. The van der Waals surface area contributed by atoms with Gasteiger partial charge >= 0.3 is 0 Å². The molecule has 3 aromatic heterocycles. The summed E-state index contributed by atoms with van der Waals surface area (Å²) in [4.78, 5) is 16.8. The largest absolute Gasteiger partial charge is 0.378 e. The van der Waals surface area contributed by atoms with Gasteiger partial charge in [0, 0.05) is 30.9 Å². The molecule has 0 radical (unpaired) electrons. The van der Waals surface area contributed by atoms with Crippen LogP contribution in [-0.2, 0) is 6.54 Å². The number of imidazole rings is 1. The monoisotopic (exact) mass is 382 g/mol. The molecule has 1 atom stereocenters. The topological polar surface area (TPSA) is 115 Å². The van der Waals surface area contributed by atoms with Crippen LogP contribution in [0.2, 0.25) is 0 Å². The van der Waals surface area contributed by atoms with Gasteiger partial charge in [0.1, 0.15) is 0 Å². The smallest absolute Gasteiger partial charge is 0.252 e. The van der Waals surface area contributed by atoms with Gasteiger partial charge in [-0.05, 0) is 25.3 Å². The lowest BCUT2D eigenvalue weighted by atomic mass is 9.80. The fraction of sp³-hybridized carbons (Fsp3) is 0.474. The van der Waals surface area contributed by atoms with Crippen molar-refractivity contribution < 1.29 is 4.79 Å². The van der Waals surface area contributed by atoms with Crippen molar-refractivity contribution in [1.82, 2.24) is 29.7 Å². The van der Waals surface area contributed by atoms with Gasteiger partial charge in [0.05, 0.1) is 35.5 Å². The highest BCUT2D eigenvalue weighted by Gasteiger charge is 2.33. The Morgan fingerprint density at radius 1 is 1.36 bits per heavy atom. The third-order valence-electron chi connectivity index (χ3n) is 5.46. The normalized spacial score (nSPS) is 19.0. The maximum absolute atomic E-state index is 12.1.